The fourth-order valence-electron chi connectivity index (χ4n) is 3.49. The van der Waals surface area contributed by atoms with Crippen LogP contribution in [0, 0.1) is 16.7 Å². The van der Waals surface area contributed by atoms with E-state index < -0.39 is 5.41 Å². The summed E-state index contributed by atoms with van der Waals surface area (Å²) in [6.07, 6.45) is 12.5. The van der Waals surface area contributed by atoms with Crippen LogP contribution in [0.3, 0.4) is 0 Å². The molecule has 1 N–H and O–H groups in total. The third-order valence-electron chi connectivity index (χ3n) is 4.95. The Hall–Kier alpha value is -0.690. The minimum atomic E-state index is -0.743. The fraction of sp³-hybridized carbons (Fsp3) is 0.875. The second-order valence-electron chi connectivity index (χ2n) is 6.29. The Balaban J connectivity index is 1.91. The van der Waals surface area contributed by atoms with Crippen LogP contribution >= 0.6 is 11.8 Å². The van der Waals surface area contributed by atoms with E-state index >= 15 is 0 Å². The van der Waals surface area contributed by atoms with E-state index in [0.717, 1.165) is 56.6 Å². The van der Waals surface area contributed by atoms with Gasteiger partial charge in [0.25, 0.3) is 0 Å². The first-order chi connectivity index (χ1) is 9.70. The van der Waals surface area contributed by atoms with Crippen LogP contribution in [0.4, 0.5) is 0 Å². The van der Waals surface area contributed by atoms with Gasteiger partial charge in [-0.25, -0.2) is 0 Å². The monoisotopic (exact) mass is 294 g/mol. The van der Waals surface area contributed by atoms with Crippen molar-refractivity contribution in [3.63, 3.8) is 0 Å². The number of carbonyl (C=O) groups excluding carboxylic acids is 1. The Labute approximate surface area is 126 Å². The molecule has 0 bridgehead atoms. The molecule has 0 saturated heterocycles. The lowest BCUT2D eigenvalue weighted by Gasteiger charge is -2.31. The Morgan fingerprint density at radius 2 is 1.75 bits per heavy atom. The maximum absolute atomic E-state index is 12.6. The second kappa shape index (κ2) is 7.36. The van der Waals surface area contributed by atoms with Gasteiger partial charge < -0.3 is 5.32 Å². The van der Waals surface area contributed by atoms with Crippen LogP contribution in [0.15, 0.2) is 0 Å². The van der Waals surface area contributed by atoms with Crippen molar-refractivity contribution in [3.05, 3.63) is 0 Å². The highest BCUT2D eigenvalue weighted by Gasteiger charge is 2.39. The second-order valence-corrected chi connectivity index (χ2v) is 7.43. The number of thioether (sulfide) groups is 1. The average molecular weight is 294 g/mol. The summed E-state index contributed by atoms with van der Waals surface area (Å²) in [5.74, 6) is 0.00880. The molecule has 0 aromatic carbocycles. The lowest BCUT2D eigenvalue weighted by atomic mass is 9.80. The van der Waals surface area contributed by atoms with Crippen molar-refractivity contribution in [2.45, 2.75) is 75.5 Å². The summed E-state index contributed by atoms with van der Waals surface area (Å²) in [5.41, 5.74) is -0.743. The van der Waals surface area contributed by atoms with Gasteiger partial charge in [-0.1, -0.05) is 25.7 Å². The number of rotatable bonds is 3. The van der Waals surface area contributed by atoms with E-state index in [0.29, 0.717) is 6.04 Å². The van der Waals surface area contributed by atoms with E-state index in [9.17, 15) is 10.1 Å². The van der Waals surface area contributed by atoms with Crippen molar-refractivity contribution in [1.29, 1.82) is 5.26 Å². The van der Waals surface area contributed by atoms with Gasteiger partial charge in [-0.05, 0) is 44.8 Å². The number of nitrogens with zero attached hydrogens (tertiary/aromatic N) is 1. The molecule has 112 valence electrons. The molecule has 0 heterocycles. The molecule has 0 aliphatic heterocycles. The Bertz CT molecular complexity index is 361. The van der Waals surface area contributed by atoms with Gasteiger partial charge in [-0.3, -0.25) is 4.79 Å². The molecule has 2 aliphatic carbocycles. The van der Waals surface area contributed by atoms with Crippen molar-refractivity contribution in [2.24, 2.45) is 5.41 Å². The third kappa shape index (κ3) is 3.69. The predicted octanol–water partition coefficient (Wildman–Crippen LogP) is 3.64. The van der Waals surface area contributed by atoms with Gasteiger partial charge >= 0.3 is 0 Å². The minimum Gasteiger partial charge on any atom is -0.352 e. The lowest BCUT2D eigenvalue weighted by Crippen LogP contribution is -2.46. The third-order valence-corrected chi connectivity index (χ3v) is 6.09. The Kier molecular flexibility index (Phi) is 5.77. The summed E-state index contributed by atoms with van der Waals surface area (Å²) in [6, 6.07) is 2.64. The number of amides is 1. The van der Waals surface area contributed by atoms with Gasteiger partial charge in [0.15, 0.2) is 0 Å². The van der Waals surface area contributed by atoms with Crippen LogP contribution in [-0.4, -0.2) is 23.5 Å². The SMILES string of the molecule is CSC1CCC(NC(=O)C2(C#N)CCCCCC2)CC1. The van der Waals surface area contributed by atoms with Crippen molar-refractivity contribution in [3.8, 4) is 6.07 Å². The molecule has 2 fully saturated rings. The van der Waals surface area contributed by atoms with Gasteiger partial charge in [-0.2, -0.15) is 17.0 Å². The molecular formula is C16H26N2OS. The molecular weight excluding hydrogens is 268 g/mol. The normalized spacial score (nSPS) is 30.0. The first-order valence-electron chi connectivity index (χ1n) is 7.95. The van der Waals surface area contributed by atoms with E-state index in [1.54, 1.807) is 0 Å². The molecule has 0 spiro atoms. The van der Waals surface area contributed by atoms with Crippen molar-refractivity contribution in [1.82, 2.24) is 5.32 Å². The maximum Gasteiger partial charge on any atom is 0.240 e. The molecule has 1 amide bonds. The van der Waals surface area contributed by atoms with Gasteiger partial charge in [-0.15, -0.1) is 0 Å². The highest BCUT2D eigenvalue weighted by atomic mass is 32.2. The summed E-state index contributed by atoms with van der Waals surface area (Å²) in [4.78, 5) is 12.6. The minimum absolute atomic E-state index is 0.00880. The first-order valence-corrected chi connectivity index (χ1v) is 9.24. The number of hydrogen-bond donors (Lipinski definition) is 1. The average Bonchev–Trinajstić information content (AvgIpc) is 2.74. The van der Waals surface area contributed by atoms with Crippen LogP contribution in [0.5, 0.6) is 0 Å². The Morgan fingerprint density at radius 1 is 1.15 bits per heavy atom. The first kappa shape index (κ1) is 15.7. The molecule has 20 heavy (non-hydrogen) atoms. The van der Waals surface area contributed by atoms with Crippen LogP contribution in [0.25, 0.3) is 0 Å². The molecule has 0 radical (unpaired) electrons. The number of carbonyl (C=O) groups is 1. The highest BCUT2D eigenvalue weighted by Crippen LogP contribution is 2.35. The quantitative estimate of drug-likeness (QED) is 0.808. The summed E-state index contributed by atoms with van der Waals surface area (Å²) < 4.78 is 0. The molecule has 0 aromatic heterocycles. The lowest BCUT2D eigenvalue weighted by molar-refractivity contribution is -0.129. The maximum atomic E-state index is 12.6. The summed E-state index contributed by atoms with van der Waals surface area (Å²) in [6.45, 7) is 0. The molecule has 0 atom stereocenters. The molecule has 3 nitrogen and oxygen atoms in total. The molecule has 2 aliphatic rings. The van der Waals surface area contributed by atoms with Crippen LogP contribution < -0.4 is 5.32 Å². The zero-order chi connectivity index (χ0) is 14.4. The summed E-state index contributed by atoms with van der Waals surface area (Å²) in [7, 11) is 0. The predicted molar refractivity (Wildman–Crippen MR) is 83.4 cm³/mol. The summed E-state index contributed by atoms with van der Waals surface area (Å²) >= 11 is 1.94. The van der Waals surface area contributed by atoms with E-state index in [1.807, 2.05) is 11.8 Å². The number of nitrogens with one attached hydrogen (secondary N) is 1. The van der Waals surface area contributed by atoms with E-state index in [4.69, 9.17) is 0 Å². The van der Waals surface area contributed by atoms with Crippen molar-refractivity contribution in [2.75, 3.05) is 6.26 Å². The van der Waals surface area contributed by atoms with Crippen molar-refractivity contribution >= 4 is 17.7 Å². The van der Waals surface area contributed by atoms with Gasteiger partial charge in [0, 0.05) is 11.3 Å². The van der Waals surface area contributed by atoms with Gasteiger partial charge in [0.1, 0.15) is 5.41 Å². The zero-order valence-corrected chi connectivity index (χ0v) is 13.3. The standard InChI is InChI=1S/C16H26N2OS/c1-20-14-8-6-13(7-9-14)18-15(19)16(12-17)10-4-2-3-5-11-16/h13-14H,2-11H2,1H3,(H,18,19). The van der Waals surface area contributed by atoms with Crippen LogP contribution in [-0.2, 0) is 4.79 Å². The molecule has 2 rings (SSSR count). The van der Waals surface area contributed by atoms with Crippen molar-refractivity contribution < 1.29 is 4.79 Å². The Morgan fingerprint density at radius 3 is 2.25 bits per heavy atom. The number of nitriles is 1. The van der Waals surface area contributed by atoms with Crippen LogP contribution in [0.1, 0.15) is 64.2 Å². The molecule has 0 aromatic rings. The zero-order valence-electron chi connectivity index (χ0n) is 12.5. The topological polar surface area (TPSA) is 52.9 Å². The van der Waals surface area contributed by atoms with Crippen LogP contribution in [0.2, 0.25) is 0 Å². The highest BCUT2D eigenvalue weighted by molar-refractivity contribution is 7.99. The molecule has 0 unspecified atom stereocenters. The van der Waals surface area contributed by atoms with Gasteiger partial charge in [0.2, 0.25) is 5.91 Å². The van der Waals surface area contributed by atoms with E-state index in [2.05, 4.69) is 17.6 Å². The smallest absolute Gasteiger partial charge is 0.240 e. The summed E-state index contributed by atoms with van der Waals surface area (Å²) in [5, 5.41) is 13.5. The molecule has 4 heteroatoms. The molecule has 2 saturated carbocycles. The van der Waals surface area contributed by atoms with E-state index in [-0.39, 0.29) is 5.91 Å². The van der Waals surface area contributed by atoms with E-state index in [1.165, 1.54) is 12.8 Å². The fourth-order valence-corrected chi connectivity index (χ4v) is 4.23. The van der Waals surface area contributed by atoms with Gasteiger partial charge in [0.05, 0.1) is 6.07 Å². The number of hydrogen-bond acceptors (Lipinski definition) is 3. The largest absolute Gasteiger partial charge is 0.352 e.